The molecule has 0 aromatic carbocycles. The molecule has 70 valence electrons. The van der Waals surface area contributed by atoms with Crippen LogP contribution in [0.1, 0.15) is 39.5 Å². The van der Waals surface area contributed by atoms with Gasteiger partial charge in [-0.15, -0.1) is 0 Å². The summed E-state index contributed by atoms with van der Waals surface area (Å²) < 4.78 is 5.96. The Morgan fingerprint density at radius 2 is 1.92 bits per heavy atom. The van der Waals surface area contributed by atoms with E-state index in [0.717, 1.165) is 0 Å². The Kier molecular flexibility index (Phi) is 1.74. The highest BCUT2D eigenvalue weighted by molar-refractivity contribution is 4.99. The molecule has 2 heteroatoms. The maximum absolute atomic E-state index is 9.26. The molecule has 2 nitrogen and oxygen atoms in total. The lowest BCUT2D eigenvalue weighted by atomic mass is 9.68. The zero-order valence-corrected chi connectivity index (χ0v) is 7.97. The normalized spacial score (nSPS) is 52.8. The lowest BCUT2D eigenvalue weighted by Crippen LogP contribution is -2.57. The molecule has 2 bridgehead atoms. The Labute approximate surface area is 73.9 Å². The monoisotopic (exact) mass is 170 g/mol. The van der Waals surface area contributed by atoms with Gasteiger partial charge in [0.15, 0.2) is 0 Å². The van der Waals surface area contributed by atoms with Crippen LogP contribution in [0.4, 0.5) is 0 Å². The first-order valence-corrected chi connectivity index (χ1v) is 4.89. The fourth-order valence-electron chi connectivity index (χ4n) is 2.75. The van der Waals surface area contributed by atoms with Crippen LogP contribution < -0.4 is 0 Å². The predicted octanol–water partition coefficient (Wildman–Crippen LogP) is 1.72. The van der Waals surface area contributed by atoms with Crippen LogP contribution in [0.3, 0.4) is 0 Å². The van der Waals surface area contributed by atoms with Crippen LogP contribution in [0.5, 0.6) is 0 Å². The third kappa shape index (κ3) is 1.09. The van der Waals surface area contributed by atoms with Gasteiger partial charge in [-0.2, -0.15) is 0 Å². The molecule has 0 aromatic heterocycles. The second-order valence-corrected chi connectivity index (χ2v) is 4.80. The van der Waals surface area contributed by atoms with E-state index in [9.17, 15) is 5.11 Å². The van der Waals surface area contributed by atoms with E-state index < -0.39 is 0 Å². The summed E-state index contributed by atoms with van der Waals surface area (Å²) in [6.07, 6.45) is 4.81. The van der Waals surface area contributed by atoms with Gasteiger partial charge in [-0.05, 0) is 45.4 Å². The van der Waals surface area contributed by atoms with Crippen molar-refractivity contribution < 1.29 is 9.84 Å². The number of aliphatic hydroxyl groups excluding tert-OH is 1. The average molecular weight is 170 g/mol. The molecule has 3 aliphatic rings. The number of rotatable bonds is 1. The fourth-order valence-corrected chi connectivity index (χ4v) is 2.75. The van der Waals surface area contributed by atoms with Crippen LogP contribution >= 0.6 is 0 Å². The molecule has 2 saturated heterocycles. The van der Waals surface area contributed by atoms with E-state index in [1.54, 1.807) is 0 Å². The molecule has 3 rings (SSSR count). The first-order valence-electron chi connectivity index (χ1n) is 4.89. The second kappa shape index (κ2) is 2.46. The fraction of sp³-hybridized carbons (Fsp3) is 1.00. The molecule has 0 spiro atoms. The molecule has 1 aliphatic carbocycles. The number of hydrogen-bond acceptors (Lipinski definition) is 2. The molecule has 1 N–H and O–H groups in total. The van der Waals surface area contributed by atoms with E-state index in [-0.39, 0.29) is 17.8 Å². The first kappa shape index (κ1) is 8.52. The summed E-state index contributed by atoms with van der Waals surface area (Å²) >= 11 is 0. The molecular weight excluding hydrogens is 152 g/mol. The Balaban J connectivity index is 2.21. The Morgan fingerprint density at radius 1 is 1.33 bits per heavy atom. The number of fused-ring (bicyclic) bond motifs is 3. The van der Waals surface area contributed by atoms with Crippen molar-refractivity contribution in [2.24, 2.45) is 5.92 Å². The standard InChI is InChI=1S/C10H18O2/c1-9-5-3-8(4-6-9)10(2,7-11)12-9/h8,11H,3-7H2,1-2H3. The number of ether oxygens (including phenoxy) is 1. The van der Waals surface area contributed by atoms with Gasteiger partial charge in [-0.3, -0.25) is 0 Å². The van der Waals surface area contributed by atoms with Crippen molar-refractivity contribution in [2.75, 3.05) is 6.61 Å². The highest BCUT2D eigenvalue weighted by Gasteiger charge is 2.50. The lowest BCUT2D eigenvalue weighted by Gasteiger charge is -2.54. The highest BCUT2D eigenvalue weighted by Crippen LogP contribution is 2.49. The van der Waals surface area contributed by atoms with Gasteiger partial charge in [0.25, 0.3) is 0 Å². The van der Waals surface area contributed by atoms with E-state index in [2.05, 4.69) is 6.92 Å². The van der Waals surface area contributed by atoms with E-state index in [1.165, 1.54) is 25.7 Å². The minimum absolute atomic E-state index is 0.0617. The van der Waals surface area contributed by atoms with Crippen LogP contribution in [-0.2, 0) is 4.74 Å². The molecule has 0 amide bonds. The molecule has 1 unspecified atom stereocenters. The molecule has 12 heavy (non-hydrogen) atoms. The maximum Gasteiger partial charge on any atom is 0.0919 e. The summed E-state index contributed by atoms with van der Waals surface area (Å²) in [6, 6.07) is 0. The van der Waals surface area contributed by atoms with Crippen LogP contribution in [0.15, 0.2) is 0 Å². The largest absolute Gasteiger partial charge is 0.393 e. The molecule has 2 heterocycles. The van der Waals surface area contributed by atoms with Gasteiger partial charge in [0.2, 0.25) is 0 Å². The van der Waals surface area contributed by atoms with Gasteiger partial charge in [0.1, 0.15) is 0 Å². The van der Waals surface area contributed by atoms with Gasteiger partial charge in [0.05, 0.1) is 17.8 Å². The molecular formula is C10H18O2. The zero-order chi connectivity index (χ0) is 8.82. The second-order valence-electron chi connectivity index (χ2n) is 4.80. The summed E-state index contributed by atoms with van der Waals surface area (Å²) in [5.41, 5.74) is -0.183. The van der Waals surface area contributed by atoms with E-state index >= 15 is 0 Å². The maximum atomic E-state index is 9.26. The Hall–Kier alpha value is -0.0800. The molecule has 3 fully saturated rings. The number of aliphatic hydroxyl groups is 1. The van der Waals surface area contributed by atoms with Crippen molar-refractivity contribution >= 4 is 0 Å². The van der Waals surface area contributed by atoms with Gasteiger partial charge in [-0.1, -0.05) is 0 Å². The molecule has 0 radical (unpaired) electrons. The molecule has 0 aromatic rings. The van der Waals surface area contributed by atoms with Crippen molar-refractivity contribution in [3.8, 4) is 0 Å². The Morgan fingerprint density at radius 3 is 2.25 bits per heavy atom. The summed E-state index contributed by atoms with van der Waals surface area (Å²) in [4.78, 5) is 0. The van der Waals surface area contributed by atoms with Crippen molar-refractivity contribution in [3.05, 3.63) is 0 Å². The molecule has 1 atom stereocenters. The van der Waals surface area contributed by atoms with Crippen molar-refractivity contribution in [1.82, 2.24) is 0 Å². The quantitative estimate of drug-likeness (QED) is 0.649. The summed E-state index contributed by atoms with van der Waals surface area (Å²) in [7, 11) is 0. The SMILES string of the molecule is CC12CCC(CC1)C(C)(CO)O2. The minimum Gasteiger partial charge on any atom is -0.393 e. The predicted molar refractivity (Wildman–Crippen MR) is 46.9 cm³/mol. The van der Waals surface area contributed by atoms with Gasteiger partial charge >= 0.3 is 0 Å². The summed E-state index contributed by atoms with van der Waals surface area (Å²) in [6.45, 7) is 4.40. The van der Waals surface area contributed by atoms with E-state index in [4.69, 9.17) is 4.74 Å². The third-order valence-corrected chi connectivity index (χ3v) is 3.70. The third-order valence-electron chi connectivity index (χ3n) is 3.70. The highest BCUT2D eigenvalue weighted by atomic mass is 16.5. The minimum atomic E-state index is -0.245. The van der Waals surface area contributed by atoms with Crippen molar-refractivity contribution in [1.29, 1.82) is 0 Å². The zero-order valence-electron chi connectivity index (χ0n) is 7.97. The Bertz CT molecular complexity index is 182. The lowest BCUT2D eigenvalue weighted by molar-refractivity contribution is -0.250. The molecule has 2 aliphatic heterocycles. The summed E-state index contributed by atoms with van der Waals surface area (Å²) in [5, 5.41) is 9.26. The van der Waals surface area contributed by atoms with Crippen molar-refractivity contribution in [2.45, 2.75) is 50.7 Å². The van der Waals surface area contributed by atoms with Gasteiger partial charge < -0.3 is 9.84 Å². The van der Waals surface area contributed by atoms with Crippen LogP contribution in [0.25, 0.3) is 0 Å². The van der Waals surface area contributed by atoms with Crippen LogP contribution in [0.2, 0.25) is 0 Å². The first-order chi connectivity index (χ1) is 5.58. The van der Waals surface area contributed by atoms with Crippen LogP contribution in [0, 0.1) is 5.92 Å². The van der Waals surface area contributed by atoms with Gasteiger partial charge in [0, 0.05) is 0 Å². The van der Waals surface area contributed by atoms with Crippen molar-refractivity contribution in [3.63, 3.8) is 0 Å². The summed E-state index contributed by atoms with van der Waals surface area (Å²) in [5.74, 6) is 0.587. The average Bonchev–Trinajstić information content (AvgIpc) is 2.04. The van der Waals surface area contributed by atoms with Crippen LogP contribution in [-0.4, -0.2) is 22.9 Å². The smallest absolute Gasteiger partial charge is 0.0919 e. The van der Waals surface area contributed by atoms with Gasteiger partial charge in [-0.25, -0.2) is 0 Å². The van der Waals surface area contributed by atoms with E-state index in [1.807, 2.05) is 6.92 Å². The molecule has 1 saturated carbocycles. The number of hydrogen-bond donors (Lipinski definition) is 1. The topological polar surface area (TPSA) is 29.5 Å². The van der Waals surface area contributed by atoms with E-state index in [0.29, 0.717) is 5.92 Å².